The van der Waals surface area contributed by atoms with E-state index in [0.29, 0.717) is 11.4 Å². The number of fused-ring (bicyclic) bond motifs is 1. The fourth-order valence-electron chi connectivity index (χ4n) is 3.57. The van der Waals surface area contributed by atoms with Crippen LogP contribution in [-0.4, -0.2) is 28.5 Å². The summed E-state index contributed by atoms with van der Waals surface area (Å²) in [6, 6.07) is 15.7. The number of amidine groups is 2. The topological polar surface area (TPSA) is 122 Å². The molecule has 1 unspecified atom stereocenters. The van der Waals surface area contributed by atoms with Crippen LogP contribution in [0.15, 0.2) is 68.7 Å². The van der Waals surface area contributed by atoms with Crippen molar-refractivity contribution >= 4 is 23.3 Å². The lowest BCUT2D eigenvalue weighted by molar-refractivity contribution is 0.314. The first-order valence-electron chi connectivity index (χ1n) is 8.70. The summed E-state index contributed by atoms with van der Waals surface area (Å²) < 4.78 is 0. The molecule has 2 aromatic rings. The Bertz CT molecular complexity index is 1020. The van der Waals surface area contributed by atoms with Gasteiger partial charge < -0.3 is 16.7 Å². The van der Waals surface area contributed by atoms with Crippen LogP contribution >= 0.6 is 0 Å². The first-order valence-corrected chi connectivity index (χ1v) is 8.70. The molecule has 136 valence electrons. The molecule has 1 aliphatic heterocycles. The molecule has 0 saturated heterocycles. The third kappa shape index (κ3) is 2.68. The van der Waals surface area contributed by atoms with Gasteiger partial charge in [-0.05, 0) is 36.5 Å². The molecule has 5 N–H and O–H groups in total. The fourth-order valence-corrected chi connectivity index (χ4v) is 3.57. The molecule has 0 spiro atoms. The van der Waals surface area contributed by atoms with Crippen LogP contribution in [0.3, 0.4) is 0 Å². The molecule has 4 rings (SSSR count). The molecule has 7 heteroatoms. The Balaban J connectivity index is 1.88. The highest BCUT2D eigenvalue weighted by molar-refractivity contribution is 6.24. The van der Waals surface area contributed by atoms with Crippen molar-refractivity contribution in [3.63, 3.8) is 0 Å². The lowest BCUT2D eigenvalue weighted by Crippen LogP contribution is -2.45. The van der Waals surface area contributed by atoms with E-state index in [-0.39, 0.29) is 11.8 Å². The second-order valence-corrected chi connectivity index (χ2v) is 6.68. The lowest BCUT2D eigenvalue weighted by Gasteiger charge is -2.25. The van der Waals surface area contributed by atoms with E-state index in [4.69, 9.17) is 16.5 Å². The average molecular weight is 360 g/mol. The van der Waals surface area contributed by atoms with Crippen molar-refractivity contribution in [1.82, 2.24) is 0 Å². The zero-order chi connectivity index (χ0) is 19.0. The van der Waals surface area contributed by atoms with Gasteiger partial charge in [0.25, 0.3) is 0 Å². The summed E-state index contributed by atoms with van der Waals surface area (Å²) in [7, 11) is 0. The van der Waals surface area contributed by atoms with E-state index < -0.39 is 5.54 Å². The molecule has 2 aliphatic rings. The molecule has 0 aromatic heterocycles. The predicted molar refractivity (Wildman–Crippen MR) is 107 cm³/mol. The number of nitrogens with two attached hydrogens (primary N) is 2. The molecule has 7 nitrogen and oxygen atoms in total. The molecular weight excluding hydrogens is 340 g/mol. The van der Waals surface area contributed by atoms with E-state index in [1.54, 1.807) is 0 Å². The van der Waals surface area contributed by atoms with E-state index in [2.05, 4.69) is 21.2 Å². The largest absolute Gasteiger partial charge is 0.409 e. The van der Waals surface area contributed by atoms with Gasteiger partial charge >= 0.3 is 0 Å². The minimum atomic E-state index is -1.34. The SMILES string of the molecule is Cc1ccc(C2(C(N)=NO)N=C(N)N=C2N=C2CCc3ccccc32)cc1. The zero-order valence-corrected chi connectivity index (χ0v) is 14.9. The summed E-state index contributed by atoms with van der Waals surface area (Å²) in [4.78, 5) is 13.6. The van der Waals surface area contributed by atoms with E-state index in [1.165, 1.54) is 5.56 Å². The van der Waals surface area contributed by atoms with Crippen molar-refractivity contribution in [2.24, 2.45) is 31.6 Å². The number of nitrogens with zero attached hydrogens (tertiary/aromatic N) is 4. The van der Waals surface area contributed by atoms with Crippen LogP contribution in [-0.2, 0) is 12.0 Å². The maximum absolute atomic E-state index is 9.45. The first-order chi connectivity index (χ1) is 13.0. The van der Waals surface area contributed by atoms with Crippen LogP contribution in [0, 0.1) is 6.92 Å². The predicted octanol–water partition coefficient (Wildman–Crippen LogP) is 2.10. The van der Waals surface area contributed by atoms with Crippen molar-refractivity contribution < 1.29 is 5.21 Å². The highest BCUT2D eigenvalue weighted by atomic mass is 16.4. The molecule has 0 amide bonds. The molecule has 0 bridgehead atoms. The van der Waals surface area contributed by atoms with E-state index in [1.807, 2.05) is 49.4 Å². The zero-order valence-electron chi connectivity index (χ0n) is 14.9. The first kappa shape index (κ1) is 17.0. The maximum Gasteiger partial charge on any atom is 0.219 e. The second-order valence-electron chi connectivity index (χ2n) is 6.68. The Morgan fingerprint density at radius 3 is 2.59 bits per heavy atom. The number of aryl methyl sites for hydroxylation is 2. The van der Waals surface area contributed by atoms with Crippen LogP contribution < -0.4 is 11.5 Å². The number of guanidine groups is 1. The standard InChI is InChI=1S/C20H20N6O/c1-12-6-9-14(10-7-12)20(17(21)26-27)18(24-19(22)25-20)23-16-11-8-13-4-2-3-5-15(13)16/h2-7,9-10,27H,8,11H2,1H3,(H2,21,26)(H2,22,25). The summed E-state index contributed by atoms with van der Waals surface area (Å²) in [6.45, 7) is 1.98. The molecule has 0 fully saturated rings. The van der Waals surface area contributed by atoms with Gasteiger partial charge in [0.15, 0.2) is 11.7 Å². The third-order valence-electron chi connectivity index (χ3n) is 4.97. The van der Waals surface area contributed by atoms with Gasteiger partial charge in [0.2, 0.25) is 11.5 Å². The normalized spacial score (nSPS) is 23.3. The summed E-state index contributed by atoms with van der Waals surface area (Å²) in [5, 5.41) is 12.7. The van der Waals surface area contributed by atoms with Crippen LogP contribution in [0.5, 0.6) is 0 Å². The van der Waals surface area contributed by atoms with Gasteiger partial charge in [0.05, 0.1) is 5.71 Å². The monoisotopic (exact) mass is 360 g/mol. The van der Waals surface area contributed by atoms with E-state index >= 15 is 0 Å². The van der Waals surface area contributed by atoms with Gasteiger partial charge in [-0.2, -0.15) is 4.99 Å². The van der Waals surface area contributed by atoms with Crippen molar-refractivity contribution in [1.29, 1.82) is 0 Å². The van der Waals surface area contributed by atoms with Gasteiger partial charge in [-0.25, -0.2) is 9.98 Å². The molecular formula is C20H20N6O. The number of rotatable bonds is 2. The molecule has 0 saturated carbocycles. The molecule has 1 atom stereocenters. The summed E-state index contributed by atoms with van der Waals surface area (Å²) in [5.74, 6) is 0.236. The Hall–Kier alpha value is -3.48. The Labute approximate surface area is 156 Å². The third-order valence-corrected chi connectivity index (χ3v) is 4.97. The van der Waals surface area contributed by atoms with Crippen molar-refractivity contribution in [2.45, 2.75) is 25.3 Å². The smallest absolute Gasteiger partial charge is 0.219 e. The van der Waals surface area contributed by atoms with Gasteiger partial charge in [0.1, 0.15) is 0 Å². The molecule has 0 radical (unpaired) electrons. The Morgan fingerprint density at radius 2 is 1.85 bits per heavy atom. The highest BCUT2D eigenvalue weighted by Gasteiger charge is 2.47. The quantitative estimate of drug-likeness (QED) is 0.329. The molecule has 1 heterocycles. The van der Waals surface area contributed by atoms with Gasteiger partial charge in [0, 0.05) is 0 Å². The average Bonchev–Trinajstić information content (AvgIpc) is 3.24. The fraction of sp³-hybridized carbons (Fsp3) is 0.200. The second kappa shape index (κ2) is 6.35. The van der Waals surface area contributed by atoms with Gasteiger partial charge in [-0.1, -0.05) is 59.3 Å². The van der Waals surface area contributed by atoms with Crippen molar-refractivity contribution in [2.75, 3.05) is 0 Å². The van der Waals surface area contributed by atoms with Gasteiger partial charge in [-0.15, -0.1) is 0 Å². The minimum absolute atomic E-state index is 0.0489. The Morgan fingerprint density at radius 1 is 1.11 bits per heavy atom. The number of aliphatic imine (C=N–C) groups is 3. The Kier molecular flexibility index (Phi) is 3.99. The minimum Gasteiger partial charge on any atom is -0.409 e. The van der Waals surface area contributed by atoms with Crippen molar-refractivity contribution in [3.8, 4) is 0 Å². The van der Waals surface area contributed by atoms with Gasteiger partial charge in [-0.3, -0.25) is 0 Å². The lowest BCUT2D eigenvalue weighted by atomic mass is 9.87. The molecule has 27 heavy (non-hydrogen) atoms. The molecule has 2 aromatic carbocycles. The van der Waals surface area contributed by atoms with Crippen molar-refractivity contribution in [3.05, 3.63) is 70.8 Å². The number of hydrogen-bond donors (Lipinski definition) is 3. The number of oxime groups is 1. The van der Waals surface area contributed by atoms with E-state index in [0.717, 1.165) is 29.7 Å². The number of hydrogen-bond acceptors (Lipinski definition) is 6. The van der Waals surface area contributed by atoms with Crippen LogP contribution in [0.4, 0.5) is 0 Å². The summed E-state index contributed by atoms with van der Waals surface area (Å²) in [5.41, 5.74) is 15.7. The molecule has 1 aliphatic carbocycles. The van der Waals surface area contributed by atoms with Crippen LogP contribution in [0.1, 0.15) is 28.7 Å². The van der Waals surface area contributed by atoms with Crippen LogP contribution in [0.2, 0.25) is 0 Å². The highest BCUT2D eigenvalue weighted by Crippen LogP contribution is 2.34. The number of benzene rings is 2. The van der Waals surface area contributed by atoms with E-state index in [9.17, 15) is 5.21 Å². The maximum atomic E-state index is 9.45. The van der Waals surface area contributed by atoms with Crippen LogP contribution in [0.25, 0.3) is 0 Å². The summed E-state index contributed by atoms with van der Waals surface area (Å²) >= 11 is 0. The summed E-state index contributed by atoms with van der Waals surface area (Å²) in [6.07, 6.45) is 1.71.